The van der Waals surface area contributed by atoms with Gasteiger partial charge in [-0.1, -0.05) is 6.07 Å². The lowest BCUT2D eigenvalue weighted by molar-refractivity contribution is 0.248. The van der Waals surface area contributed by atoms with E-state index in [2.05, 4.69) is 28.7 Å². The summed E-state index contributed by atoms with van der Waals surface area (Å²) in [4.78, 5) is 2.44. The number of rotatable bonds is 7. The fourth-order valence-corrected chi connectivity index (χ4v) is 3.12. The van der Waals surface area contributed by atoms with Crippen LogP contribution < -0.4 is 9.46 Å². The van der Waals surface area contributed by atoms with E-state index >= 15 is 0 Å². The molecule has 1 heterocycles. The van der Waals surface area contributed by atoms with Gasteiger partial charge < -0.3 is 4.74 Å². The highest BCUT2D eigenvalue weighted by atomic mass is 32.2. The zero-order chi connectivity index (χ0) is 15.2. The second-order valence-electron chi connectivity index (χ2n) is 5.47. The predicted molar refractivity (Wildman–Crippen MR) is 84.7 cm³/mol. The number of nitrogens with one attached hydrogen (secondary N) is 1. The maximum Gasteiger partial charge on any atom is 0.231 e. The highest BCUT2D eigenvalue weighted by molar-refractivity contribution is 7.77. The van der Waals surface area contributed by atoms with Gasteiger partial charge in [-0.3, -0.25) is 9.45 Å². The van der Waals surface area contributed by atoms with Gasteiger partial charge >= 0.3 is 0 Å². The van der Waals surface area contributed by atoms with E-state index in [0.29, 0.717) is 6.54 Å². The van der Waals surface area contributed by atoms with Gasteiger partial charge in [0.25, 0.3) is 0 Å². The van der Waals surface area contributed by atoms with Crippen molar-refractivity contribution >= 4 is 11.3 Å². The normalized spacial score (nSPS) is 16.5. The number of fused-ring (bicyclic) bond motifs is 1. The SMILES string of the molecule is COc1cc2c(cc1C)CCN(CCCCNS(=O)O)C2. The smallest absolute Gasteiger partial charge is 0.231 e. The second kappa shape index (κ2) is 7.89. The van der Waals surface area contributed by atoms with Crippen LogP contribution in [0.3, 0.4) is 0 Å². The molecule has 1 aromatic carbocycles. The minimum absolute atomic E-state index is 0.584. The second-order valence-corrected chi connectivity index (χ2v) is 6.25. The molecule has 0 bridgehead atoms. The summed E-state index contributed by atoms with van der Waals surface area (Å²) in [7, 11) is 1.72. The average molecular weight is 312 g/mol. The molecule has 1 aromatic rings. The van der Waals surface area contributed by atoms with E-state index in [4.69, 9.17) is 9.29 Å². The van der Waals surface area contributed by atoms with Crippen molar-refractivity contribution in [2.45, 2.75) is 32.7 Å². The lowest BCUT2D eigenvalue weighted by Crippen LogP contribution is -2.32. The largest absolute Gasteiger partial charge is 0.496 e. The number of nitrogens with zero attached hydrogens (tertiary/aromatic N) is 1. The summed E-state index contributed by atoms with van der Waals surface area (Å²) in [6.45, 7) is 5.74. The topological polar surface area (TPSA) is 61.8 Å². The molecule has 0 aromatic heterocycles. The molecule has 0 radical (unpaired) electrons. The fraction of sp³-hybridized carbons (Fsp3) is 0.600. The molecule has 0 saturated heterocycles. The Hall–Kier alpha value is -0.950. The maximum atomic E-state index is 10.5. The first kappa shape index (κ1) is 16.4. The first-order valence-corrected chi connectivity index (χ1v) is 8.44. The number of ether oxygens (including phenoxy) is 1. The Morgan fingerprint density at radius 3 is 2.90 bits per heavy atom. The predicted octanol–water partition coefficient (Wildman–Crippen LogP) is 1.87. The van der Waals surface area contributed by atoms with Gasteiger partial charge in [0, 0.05) is 19.6 Å². The van der Waals surface area contributed by atoms with Gasteiger partial charge in [-0.05, 0) is 55.5 Å². The van der Waals surface area contributed by atoms with Crippen LogP contribution in [0.25, 0.3) is 0 Å². The molecule has 2 rings (SSSR count). The fourth-order valence-electron chi connectivity index (χ4n) is 2.80. The molecule has 0 aliphatic carbocycles. The quantitative estimate of drug-likeness (QED) is 0.596. The molecule has 2 N–H and O–H groups in total. The van der Waals surface area contributed by atoms with Gasteiger partial charge in [-0.2, -0.15) is 0 Å². The van der Waals surface area contributed by atoms with E-state index in [1.807, 2.05) is 0 Å². The molecular weight excluding hydrogens is 288 g/mol. The molecule has 21 heavy (non-hydrogen) atoms. The Morgan fingerprint density at radius 1 is 1.38 bits per heavy atom. The molecule has 1 atom stereocenters. The first-order valence-electron chi connectivity index (χ1n) is 7.33. The standard InChI is InChI=1S/C15H24N2O3S/c1-12-9-13-5-8-17(7-4-3-6-16-21(18)19)11-14(13)10-15(12)20-2/h9-10,16H,3-8,11H2,1-2H3,(H,18,19). The van der Waals surface area contributed by atoms with Gasteiger partial charge in [-0.15, -0.1) is 0 Å². The third-order valence-corrected chi connectivity index (χ3v) is 4.39. The van der Waals surface area contributed by atoms with Crippen molar-refractivity contribution in [3.63, 3.8) is 0 Å². The van der Waals surface area contributed by atoms with E-state index in [1.54, 1.807) is 7.11 Å². The highest BCUT2D eigenvalue weighted by Crippen LogP contribution is 2.27. The maximum absolute atomic E-state index is 10.5. The molecule has 0 spiro atoms. The summed E-state index contributed by atoms with van der Waals surface area (Å²) < 4.78 is 27.0. The van der Waals surface area contributed by atoms with Crippen molar-refractivity contribution in [2.75, 3.05) is 26.7 Å². The van der Waals surface area contributed by atoms with E-state index < -0.39 is 11.3 Å². The van der Waals surface area contributed by atoms with Crippen molar-refractivity contribution in [2.24, 2.45) is 0 Å². The third kappa shape index (κ3) is 4.78. The number of hydrogen-bond acceptors (Lipinski definition) is 3. The van der Waals surface area contributed by atoms with Crippen LogP contribution in [0.4, 0.5) is 0 Å². The number of methoxy groups -OCH3 is 1. The van der Waals surface area contributed by atoms with Gasteiger partial charge in [0.05, 0.1) is 7.11 Å². The number of hydrogen-bond donors (Lipinski definition) is 2. The zero-order valence-corrected chi connectivity index (χ0v) is 13.5. The Bertz CT molecular complexity index is 508. The molecule has 1 aliphatic heterocycles. The van der Waals surface area contributed by atoms with Crippen LogP contribution in [0.2, 0.25) is 0 Å². The molecular formula is C15H24N2O3S. The third-order valence-electron chi connectivity index (χ3n) is 3.94. The van der Waals surface area contributed by atoms with Crippen LogP contribution in [0.15, 0.2) is 12.1 Å². The minimum Gasteiger partial charge on any atom is -0.496 e. The van der Waals surface area contributed by atoms with E-state index in [0.717, 1.165) is 44.6 Å². The summed E-state index contributed by atoms with van der Waals surface area (Å²) in [6, 6.07) is 4.40. The molecule has 5 nitrogen and oxygen atoms in total. The summed E-state index contributed by atoms with van der Waals surface area (Å²) in [5.74, 6) is 0.963. The number of unbranched alkanes of at least 4 members (excludes halogenated alkanes) is 1. The Labute approximate surface area is 129 Å². The monoisotopic (exact) mass is 312 g/mol. The van der Waals surface area contributed by atoms with Crippen LogP contribution in [-0.2, 0) is 24.2 Å². The van der Waals surface area contributed by atoms with Gasteiger partial charge in [0.15, 0.2) is 0 Å². The van der Waals surface area contributed by atoms with Crippen LogP contribution in [0.1, 0.15) is 29.5 Å². The van der Waals surface area contributed by atoms with Crippen LogP contribution >= 0.6 is 0 Å². The molecule has 0 fully saturated rings. The summed E-state index contributed by atoms with van der Waals surface area (Å²) >= 11 is -1.89. The highest BCUT2D eigenvalue weighted by Gasteiger charge is 2.17. The zero-order valence-electron chi connectivity index (χ0n) is 12.7. The number of benzene rings is 1. The Morgan fingerprint density at radius 2 is 2.19 bits per heavy atom. The molecule has 1 aliphatic rings. The molecule has 1 unspecified atom stereocenters. The van der Waals surface area contributed by atoms with Crippen molar-refractivity contribution < 1.29 is 13.5 Å². The molecule has 6 heteroatoms. The average Bonchev–Trinajstić information content (AvgIpc) is 2.46. The molecule has 0 amide bonds. The van der Waals surface area contributed by atoms with Crippen LogP contribution in [-0.4, -0.2) is 40.4 Å². The minimum atomic E-state index is -1.89. The van der Waals surface area contributed by atoms with Crippen molar-refractivity contribution in [1.82, 2.24) is 9.62 Å². The first-order chi connectivity index (χ1) is 10.1. The summed E-state index contributed by atoms with van der Waals surface area (Å²) in [5.41, 5.74) is 3.99. The van der Waals surface area contributed by atoms with Crippen molar-refractivity contribution in [1.29, 1.82) is 0 Å². The van der Waals surface area contributed by atoms with Crippen molar-refractivity contribution in [3.05, 3.63) is 28.8 Å². The number of aryl methyl sites for hydroxylation is 1. The van der Waals surface area contributed by atoms with E-state index in [1.165, 1.54) is 16.7 Å². The Kier molecular flexibility index (Phi) is 6.17. The summed E-state index contributed by atoms with van der Waals surface area (Å²) in [5, 5.41) is 0. The lowest BCUT2D eigenvalue weighted by atomic mass is 9.97. The van der Waals surface area contributed by atoms with Gasteiger partial charge in [-0.25, -0.2) is 8.93 Å². The van der Waals surface area contributed by atoms with Crippen molar-refractivity contribution in [3.8, 4) is 5.75 Å². The van der Waals surface area contributed by atoms with Crippen LogP contribution in [0, 0.1) is 6.92 Å². The molecule has 118 valence electrons. The van der Waals surface area contributed by atoms with Gasteiger partial charge in [0.2, 0.25) is 11.3 Å². The Balaban J connectivity index is 1.83. The lowest BCUT2D eigenvalue weighted by Gasteiger charge is -2.29. The molecule has 0 saturated carbocycles. The van der Waals surface area contributed by atoms with Crippen LogP contribution in [0.5, 0.6) is 5.75 Å². The summed E-state index contributed by atoms with van der Waals surface area (Å²) in [6.07, 6.45) is 3.02. The van der Waals surface area contributed by atoms with E-state index in [9.17, 15) is 4.21 Å². The van der Waals surface area contributed by atoms with E-state index in [-0.39, 0.29) is 0 Å². The van der Waals surface area contributed by atoms with Gasteiger partial charge in [0.1, 0.15) is 5.75 Å².